The second-order valence-corrected chi connectivity index (χ2v) is 5.30. The zero-order valence-electron chi connectivity index (χ0n) is 7.83. The lowest BCUT2D eigenvalue weighted by Crippen LogP contribution is -2.22. The highest BCUT2D eigenvalue weighted by Crippen LogP contribution is 2.33. The van der Waals surface area contributed by atoms with Crippen molar-refractivity contribution in [2.45, 2.75) is 42.6 Å². The molecule has 2 aliphatic rings. The van der Waals surface area contributed by atoms with Crippen molar-refractivity contribution in [3.05, 3.63) is 0 Å². The Morgan fingerprint density at radius 3 is 2.62 bits per heavy atom. The van der Waals surface area contributed by atoms with Crippen LogP contribution in [0.4, 0.5) is 0 Å². The van der Waals surface area contributed by atoms with E-state index in [1.54, 1.807) is 0 Å². The Balaban J connectivity index is 1.79. The van der Waals surface area contributed by atoms with E-state index >= 15 is 0 Å². The van der Waals surface area contributed by atoms with E-state index in [0.29, 0.717) is 16.3 Å². The highest BCUT2D eigenvalue weighted by atomic mass is 32.2. The van der Waals surface area contributed by atoms with Gasteiger partial charge in [-0.1, -0.05) is 0 Å². The van der Waals surface area contributed by atoms with Gasteiger partial charge in [-0.2, -0.15) is 0 Å². The first-order valence-corrected chi connectivity index (χ1v) is 6.06. The van der Waals surface area contributed by atoms with Crippen LogP contribution in [-0.4, -0.2) is 29.5 Å². The lowest BCUT2D eigenvalue weighted by molar-refractivity contribution is -0.116. The average Bonchev–Trinajstić information content (AvgIpc) is 2.54. The molecule has 1 heterocycles. The largest absolute Gasteiger partial charge is 0.381 e. The Morgan fingerprint density at radius 1 is 1.23 bits per heavy atom. The average molecular weight is 200 g/mol. The van der Waals surface area contributed by atoms with Gasteiger partial charge in [0, 0.05) is 24.9 Å². The molecular weight excluding hydrogens is 184 g/mol. The monoisotopic (exact) mass is 200 g/mol. The van der Waals surface area contributed by atoms with Crippen LogP contribution in [0.25, 0.3) is 0 Å². The molecule has 0 aromatic rings. The van der Waals surface area contributed by atoms with Gasteiger partial charge in [0.1, 0.15) is 5.78 Å². The van der Waals surface area contributed by atoms with Gasteiger partial charge in [0.05, 0.1) is 5.25 Å². The molecule has 3 heteroatoms. The molecule has 1 unspecified atom stereocenters. The number of hydrogen-bond donors (Lipinski definition) is 0. The lowest BCUT2D eigenvalue weighted by atomic mass is 10.2. The third kappa shape index (κ3) is 2.47. The number of ether oxygens (including phenoxy) is 1. The fourth-order valence-corrected chi connectivity index (χ4v) is 3.47. The van der Waals surface area contributed by atoms with E-state index in [1.165, 1.54) is 0 Å². The van der Waals surface area contributed by atoms with Crippen molar-refractivity contribution in [2.24, 2.45) is 0 Å². The Hall–Kier alpha value is -0.0200. The molecule has 0 spiro atoms. The molecule has 0 aromatic carbocycles. The van der Waals surface area contributed by atoms with Gasteiger partial charge < -0.3 is 4.74 Å². The van der Waals surface area contributed by atoms with Crippen LogP contribution in [0.15, 0.2) is 0 Å². The van der Waals surface area contributed by atoms with Gasteiger partial charge in [-0.05, 0) is 25.7 Å². The van der Waals surface area contributed by atoms with Crippen LogP contribution in [0.5, 0.6) is 0 Å². The van der Waals surface area contributed by atoms with Crippen molar-refractivity contribution < 1.29 is 9.53 Å². The van der Waals surface area contributed by atoms with E-state index in [4.69, 9.17) is 4.74 Å². The standard InChI is InChI=1S/C10H16O2S/c11-9-2-1-3-10(9)13-8-4-6-12-7-5-8/h8,10H,1-7H2. The Bertz CT molecular complexity index is 187. The topological polar surface area (TPSA) is 26.3 Å². The maximum absolute atomic E-state index is 11.4. The molecule has 1 aliphatic carbocycles. The predicted octanol–water partition coefficient (Wildman–Crippen LogP) is 2.02. The van der Waals surface area contributed by atoms with E-state index in [-0.39, 0.29) is 0 Å². The van der Waals surface area contributed by atoms with Crippen LogP contribution in [0.2, 0.25) is 0 Å². The van der Waals surface area contributed by atoms with Crippen LogP contribution in [-0.2, 0) is 9.53 Å². The van der Waals surface area contributed by atoms with Crippen LogP contribution < -0.4 is 0 Å². The summed E-state index contributed by atoms with van der Waals surface area (Å²) in [5, 5.41) is 1.00. The van der Waals surface area contributed by atoms with Gasteiger partial charge in [-0.25, -0.2) is 0 Å². The summed E-state index contributed by atoms with van der Waals surface area (Å²) in [4.78, 5) is 11.4. The molecule has 1 saturated heterocycles. The molecule has 1 saturated carbocycles. The molecule has 0 bridgehead atoms. The quantitative estimate of drug-likeness (QED) is 0.682. The van der Waals surface area contributed by atoms with Crippen molar-refractivity contribution in [2.75, 3.05) is 13.2 Å². The lowest BCUT2D eigenvalue weighted by Gasteiger charge is -2.23. The number of ketones is 1. The minimum absolute atomic E-state index is 0.322. The van der Waals surface area contributed by atoms with Crippen LogP contribution in [0.3, 0.4) is 0 Å². The molecule has 0 N–H and O–H groups in total. The Labute approximate surface area is 83.4 Å². The summed E-state index contributed by atoms with van der Waals surface area (Å²) in [6.07, 6.45) is 5.31. The SMILES string of the molecule is O=C1CCCC1SC1CCOCC1. The van der Waals surface area contributed by atoms with Gasteiger partial charge in [0.25, 0.3) is 0 Å². The van der Waals surface area contributed by atoms with Crippen LogP contribution >= 0.6 is 11.8 Å². The first kappa shape index (κ1) is 9.53. The fraction of sp³-hybridized carbons (Fsp3) is 0.900. The minimum Gasteiger partial charge on any atom is -0.381 e. The molecule has 1 aliphatic heterocycles. The minimum atomic E-state index is 0.322. The van der Waals surface area contributed by atoms with E-state index in [9.17, 15) is 4.79 Å². The summed E-state index contributed by atoms with van der Waals surface area (Å²) in [5.41, 5.74) is 0. The Morgan fingerprint density at radius 2 is 2.00 bits per heavy atom. The maximum atomic E-state index is 11.4. The van der Waals surface area contributed by atoms with Gasteiger partial charge in [-0.3, -0.25) is 4.79 Å². The molecule has 1 atom stereocenters. The second-order valence-electron chi connectivity index (χ2n) is 3.79. The zero-order valence-corrected chi connectivity index (χ0v) is 8.65. The number of thioether (sulfide) groups is 1. The maximum Gasteiger partial charge on any atom is 0.145 e. The fourth-order valence-electron chi connectivity index (χ4n) is 1.97. The van der Waals surface area contributed by atoms with Gasteiger partial charge in [0.15, 0.2) is 0 Å². The number of Topliss-reactive ketones (excluding diaryl/α,β-unsaturated/α-hetero) is 1. The molecule has 2 fully saturated rings. The summed E-state index contributed by atoms with van der Waals surface area (Å²) in [7, 11) is 0. The second kappa shape index (κ2) is 4.47. The highest BCUT2D eigenvalue weighted by Gasteiger charge is 2.28. The first-order chi connectivity index (χ1) is 6.36. The summed E-state index contributed by atoms with van der Waals surface area (Å²) in [6, 6.07) is 0. The van der Waals surface area contributed by atoms with Crippen molar-refractivity contribution in [3.8, 4) is 0 Å². The van der Waals surface area contributed by atoms with Crippen LogP contribution in [0.1, 0.15) is 32.1 Å². The number of hydrogen-bond acceptors (Lipinski definition) is 3. The number of carbonyl (C=O) groups is 1. The van der Waals surface area contributed by atoms with E-state index in [2.05, 4.69) is 0 Å². The zero-order chi connectivity index (χ0) is 9.10. The summed E-state index contributed by atoms with van der Waals surface area (Å²) >= 11 is 1.91. The molecular formula is C10H16O2S. The molecule has 0 radical (unpaired) electrons. The van der Waals surface area contributed by atoms with Crippen LogP contribution in [0, 0.1) is 0 Å². The highest BCUT2D eigenvalue weighted by molar-refractivity contribution is 8.01. The number of rotatable bonds is 2. The van der Waals surface area contributed by atoms with E-state index in [1.807, 2.05) is 11.8 Å². The first-order valence-electron chi connectivity index (χ1n) is 5.12. The summed E-state index contributed by atoms with van der Waals surface area (Å²) in [6.45, 7) is 1.77. The molecule has 13 heavy (non-hydrogen) atoms. The third-order valence-electron chi connectivity index (χ3n) is 2.77. The van der Waals surface area contributed by atoms with Gasteiger partial charge >= 0.3 is 0 Å². The van der Waals surface area contributed by atoms with Gasteiger partial charge in [0.2, 0.25) is 0 Å². The molecule has 0 amide bonds. The smallest absolute Gasteiger partial charge is 0.145 e. The summed E-state index contributed by atoms with van der Waals surface area (Å²) < 4.78 is 5.29. The summed E-state index contributed by atoms with van der Waals surface area (Å²) in [5.74, 6) is 0.483. The predicted molar refractivity (Wildman–Crippen MR) is 54.1 cm³/mol. The molecule has 2 rings (SSSR count). The van der Waals surface area contributed by atoms with E-state index < -0.39 is 0 Å². The number of carbonyl (C=O) groups excluding carboxylic acids is 1. The van der Waals surface area contributed by atoms with E-state index in [0.717, 1.165) is 45.3 Å². The van der Waals surface area contributed by atoms with Gasteiger partial charge in [-0.15, -0.1) is 11.8 Å². The normalized spacial score (nSPS) is 31.1. The Kier molecular flexibility index (Phi) is 3.28. The van der Waals surface area contributed by atoms with Crippen molar-refractivity contribution in [1.29, 1.82) is 0 Å². The van der Waals surface area contributed by atoms with Crippen molar-refractivity contribution in [1.82, 2.24) is 0 Å². The third-order valence-corrected chi connectivity index (χ3v) is 4.46. The molecule has 74 valence electrons. The molecule has 2 nitrogen and oxygen atoms in total. The van der Waals surface area contributed by atoms with Crippen molar-refractivity contribution in [3.63, 3.8) is 0 Å². The molecule has 0 aromatic heterocycles. The van der Waals surface area contributed by atoms with Crippen molar-refractivity contribution >= 4 is 17.5 Å².